The van der Waals surface area contributed by atoms with Gasteiger partial charge < -0.3 is 16.2 Å². The summed E-state index contributed by atoms with van der Waals surface area (Å²) in [5, 5.41) is 14.6. The first kappa shape index (κ1) is 21.5. The number of amides is 2. The molecule has 7 nitrogen and oxygen atoms in total. The van der Waals surface area contributed by atoms with Gasteiger partial charge in [0.15, 0.2) is 0 Å². The third kappa shape index (κ3) is 5.45. The van der Waals surface area contributed by atoms with Crippen molar-refractivity contribution < 1.29 is 9.90 Å². The molecule has 30 heavy (non-hydrogen) atoms. The molecule has 1 fully saturated rings. The molecule has 7 heteroatoms. The number of aliphatic hydroxyl groups is 1. The molecule has 1 atom stereocenters. The van der Waals surface area contributed by atoms with Crippen molar-refractivity contribution in [2.75, 3.05) is 25.0 Å². The summed E-state index contributed by atoms with van der Waals surface area (Å²) in [6.45, 7) is 5.90. The number of benzene rings is 1. The molecule has 158 valence electrons. The number of aliphatic hydroxyl groups excluding tert-OH is 1. The number of carbonyl (C=O) groups is 1. The molecular weight excluding hydrogens is 378 g/mol. The van der Waals surface area contributed by atoms with Crippen LogP contribution in [0.15, 0.2) is 65.1 Å². The normalized spacial score (nSPS) is 19.1. The van der Waals surface area contributed by atoms with Gasteiger partial charge in [-0.3, -0.25) is 9.88 Å². The van der Waals surface area contributed by atoms with Gasteiger partial charge in [-0.2, -0.15) is 4.99 Å². The molecule has 2 amide bonds. The first-order valence-electron chi connectivity index (χ1n) is 10.2. The van der Waals surface area contributed by atoms with Crippen LogP contribution in [0.1, 0.15) is 26.7 Å². The molecular formula is C23H29N5O2. The van der Waals surface area contributed by atoms with Gasteiger partial charge in [0.25, 0.3) is 0 Å². The Morgan fingerprint density at radius 2 is 2.27 bits per heavy atom. The number of nitrogens with one attached hydrogen (secondary N) is 1. The standard InChI is InChI=1S/C23H29N5O2/c1-3-6-18(16(2)29)14-28-12-5-8-19(15-28)22(24)27-23(30)26-21-9-4-7-17-13-25-11-10-20(17)21/h3-4,6-7,9-11,13,19,29H,5,8,12,14-15H2,1-2H3,(H3,24,26,27,30)/b6-3-,18-16-. The summed E-state index contributed by atoms with van der Waals surface area (Å²) in [5.74, 6) is 0.671. The van der Waals surface area contributed by atoms with Gasteiger partial charge >= 0.3 is 6.03 Å². The van der Waals surface area contributed by atoms with Gasteiger partial charge in [0.2, 0.25) is 0 Å². The number of pyridine rings is 1. The van der Waals surface area contributed by atoms with E-state index in [1.54, 1.807) is 19.3 Å². The van der Waals surface area contributed by atoms with Crippen LogP contribution in [0.5, 0.6) is 0 Å². The molecule has 2 heterocycles. The Bertz CT molecular complexity index is 987. The van der Waals surface area contributed by atoms with E-state index >= 15 is 0 Å². The van der Waals surface area contributed by atoms with E-state index in [-0.39, 0.29) is 5.92 Å². The van der Waals surface area contributed by atoms with E-state index in [1.807, 2.05) is 43.3 Å². The van der Waals surface area contributed by atoms with Crippen molar-refractivity contribution in [3.63, 3.8) is 0 Å². The molecule has 1 aliphatic heterocycles. The largest absolute Gasteiger partial charge is 0.512 e. The number of aromatic nitrogens is 1. The van der Waals surface area contributed by atoms with Crippen molar-refractivity contribution in [2.45, 2.75) is 26.7 Å². The fourth-order valence-corrected chi connectivity index (χ4v) is 3.75. The Balaban J connectivity index is 1.67. The number of hydrogen-bond donors (Lipinski definition) is 3. The molecule has 1 aromatic carbocycles. The zero-order valence-electron chi connectivity index (χ0n) is 17.5. The maximum atomic E-state index is 12.5. The summed E-state index contributed by atoms with van der Waals surface area (Å²) >= 11 is 0. The quantitative estimate of drug-likeness (QED) is 0.298. The van der Waals surface area contributed by atoms with E-state index < -0.39 is 6.03 Å². The molecule has 0 aliphatic carbocycles. The zero-order chi connectivity index (χ0) is 21.5. The van der Waals surface area contributed by atoms with Crippen LogP contribution < -0.4 is 11.1 Å². The smallest absolute Gasteiger partial charge is 0.347 e. The molecule has 1 unspecified atom stereocenters. The topological polar surface area (TPSA) is 104 Å². The molecule has 1 aliphatic rings. The van der Waals surface area contributed by atoms with E-state index in [2.05, 4.69) is 20.2 Å². The second-order valence-electron chi connectivity index (χ2n) is 7.55. The van der Waals surface area contributed by atoms with E-state index in [4.69, 9.17) is 5.73 Å². The number of amidine groups is 1. The maximum Gasteiger partial charge on any atom is 0.347 e. The third-order valence-electron chi connectivity index (χ3n) is 5.30. The number of likely N-dealkylation sites (tertiary alicyclic amines) is 1. The van der Waals surface area contributed by atoms with Gasteiger partial charge in [-0.1, -0.05) is 24.3 Å². The molecule has 4 N–H and O–H groups in total. The minimum absolute atomic E-state index is 0.00655. The lowest BCUT2D eigenvalue weighted by molar-refractivity contribution is 0.217. The summed E-state index contributed by atoms with van der Waals surface area (Å²) in [5.41, 5.74) is 7.77. The Morgan fingerprint density at radius 1 is 1.43 bits per heavy atom. The van der Waals surface area contributed by atoms with E-state index in [0.29, 0.717) is 30.4 Å². The molecule has 1 aromatic heterocycles. The third-order valence-corrected chi connectivity index (χ3v) is 5.30. The van der Waals surface area contributed by atoms with E-state index in [1.165, 1.54) is 0 Å². The van der Waals surface area contributed by atoms with Gasteiger partial charge in [-0.15, -0.1) is 0 Å². The SMILES string of the molecule is C/C=C\C(CN1CCCC(/C(N)=N/C(=O)Nc2cccc3cnccc23)C1)=C(/C)O. The second-order valence-corrected chi connectivity index (χ2v) is 7.55. The molecule has 1 saturated heterocycles. The van der Waals surface area contributed by atoms with Crippen LogP contribution in [0.4, 0.5) is 10.5 Å². The van der Waals surface area contributed by atoms with Crippen molar-refractivity contribution in [1.29, 1.82) is 0 Å². The Hall–Kier alpha value is -3.19. The van der Waals surface area contributed by atoms with Crippen LogP contribution >= 0.6 is 0 Å². The van der Waals surface area contributed by atoms with Crippen molar-refractivity contribution in [1.82, 2.24) is 9.88 Å². The van der Waals surface area contributed by atoms with Crippen LogP contribution in [-0.2, 0) is 0 Å². The number of anilines is 1. The summed E-state index contributed by atoms with van der Waals surface area (Å²) in [6.07, 6.45) is 9.14. The first-order chi connectivity index (χ1) is 14.5. The number of fused-ring (bicyclic) bond motifs is 1. The lowest BCUT2D eigenvalue weighted by atomic mass is 9.96. The second kappa shape index (κ2) is 10.0. The van der Waals surface area contributed by atoms with Gasteiger partial charge in [0.1, 0.15) is 5.84 Å². The first-order valence-corrected chi connectivity index (χ1v) is 10.2. The predicted octanol–water partition coefficient (Wildman–Crippen LogP) is 4.24. The van der Waals surface area contributed by atoms with Crippen LogP contribution in [0.3, 0.4) is 0 Å². The lowest BCUT2D eigenvalue weighted by Crippen LogP contribution is -2.42. The van der Waals surface area contributed by atoms with Crippen LogP contribution in [0.2, 0.25) is 0 Å². The number of nitrogens with two attached hydrogens (primary N) is 1. The number of aliphatic imine (C=N–C) groups is 1. The Morgan fingerprint density at radius 3 is 3.03 bits per heavy atom. The molecule has 0 bridgehead atoms. The molecule has 0 spiro atoms. The fraction of sp³-hybridized carbons (Fsp3) is 0.348. The number of hydrogen-bond acceptors (Lipinski definition) is 4. The highest BCUT2D eigenvalue weighted by molar-refractivity contribution is 6.05. The lowest BCUT2D eigenvalue weighted by Gasteiger charge is -2.32. The molecule has 3 rings (SSSR count). The molecule has 0 saturated carbocycles. The summed E-state index contributed by atoms with van der Waals surface area (Å²) in [6, 6.07) is 7.02. The minimum Gasteiger partial charge on any atom is -0.512 e. The van der Waals surface area contributed by atoms with Crippen LogP contribution in [-0.4, -0.2) is 46.5 Å². The average Bonchev–Trinajstić information content (AvgIpc) is 2.74. The van der Waals surface area contributed by atoms with Crippen molar-refractivity contribution >= 4 is 28.3 Å². The van der Waals surface area contributed by atoms with Crippen LogP contribution in [0, 0.1) is 5.92 Å². The number of piperidine rings is 1. The summed E-state index contributed by atoms with van der Waals surface area (Å²) < 4.78 is 0. The average molecular weight is 408 g/mol. The highest BCUT2D eigenvalue weighted by atomic mass is 16.3. The van der Waals surface area contributed by atoms with Crippen molar-refractivity contribution in [3.8, 4) is 0 Å². The zero-order valence-corrected chi connectivity index (χ0v) is 17.5. The molecule has 2 aromatic rings. The number of allylic oxidation sites excluding steroid dienone is 2. The summed E-state index contributed by atoms with van der Waals surface area (Å²) in [4.78, 5) is 22.9. The van der Waals surface area contributed by atoms with E-state index in [9.17, 15) is 9.90 Å². The maximum absolute atomic E-state index is 12.5. The fourth-order valence-electron chi connectivity index (χ4n) is 3.75. The minimum atomic E-state index is -0.477. The Labute approximate surface area is 177 Å². The number of nitrogens with zero attached hydrogens (tertiary/aromatic N) is 3. The number of carbonyl (C=O) groups excluding carboxylic acids is 1. The van der Waals surface area contributed by atoms with Gasteiger partial charge in [0, 0.05) is 47.7 Å². The highest BCUT2D eigenvalue weighted by Crippen LogP contribution is 2.23. The van der Waals surface area contributed by atoms with Gasteiger partial charge in [0.05, 0.1) is 11.4 Å². The monoisotopic (exact) mass is 407 g/mol. The molecule has 0 radical (unpaired) electrons. The number of urea groups is 1. The van der Waals surface area contributed by atoms with Gasteiger partial charge in [-0.05, 0) is 45.4 Å². The van der Waals surface area contributed by atoms with E-state index in [0.717, 1.165) is 35.7 Å². The van der Waals surface area contributed by atoms with Crippen molar-refractivity contribution in [2.24, 2.45) is 16.6 Å². The van der Waals surface area contributed by atoms with Crippen molar-refractivity contribution in [3.05, 3.63) is 60.1 Å². The number of rotatable bonds is 5. The highest BCUT2D eigenvalue weighted by Gasteiger charge is 2.24. The Kier molecular flexibility index (Phi) is 7.19. The van der Waals surface area contributed by atoms with Gasteiger partial charge in [-0.25, -0.2) is 4.79 Å². The summed E-state index contributed by atoms with van der Waals surface area (Å²) in [7, 11) is 0. The van der Waals surface area contributed by atoms with Crippen LogP contribution in [0.25, 0.3) is 10.8 Å². The predicted molar refractivity (Wildman–Crippen MR) is 122 cm³/mol.